The van der Waals surface area contributed by atoms with Gasteiger partial charge in [-0.25, -0.2) is 0 Å². The second kappa shape index (κ2) is 15.2. The summed E-state index contributed by atoms with van der Waals surface area (Å²) >= 11 is 0. The van der Waals surface area contributed by atoms with Crippen molar-refractivity contribution in [1.82, 2.24) is 0 Å². The Balaban J connectivity index is 0. The highest BCUT2D eigenvalue weighted by atomic mass is 31.2. The first-order chi connectivity index (χ1) is 7.58. The number of aliphatic hydroxyl groups excluding tert-OH is 3. The van der Waals surface area contributed by atoms with E-state index in [1.54, 1.807) is 0 Å². The molecule has 6 N–H and O–H groups in total. The Morgan fingerprint density at radius 2 is 1.19 bits per heavy atom. The quantitative estimate of drug-likeness (QED) is 0.263. The third-order valence-electron chi connectivity index (χ3n) is 2.04. The van der Waals surface area contributed by atoms with Gasteiger partial charge in [-0.3, -0.25) is 0 Å². The van der Waals surface area contributed by atoms with E-state index in [-0.39, 0.29) is 25.7 Å². The van der Waals surface area contributed by atoms with Gasteiger partial charge in [0, 0.05) is 25.7 Å². The number of hydrogen-bond donors (Lipinski definition) is 6. The summed E-state index contributed by atoms with van der Waals surface area (Å²) in [7, 11) is -2.62. The highest BCUT2D eigenvalue weighted by Gasteiger charge is 2.04. The summed E-state index contributed by atoms with van der Waals surface area (Å²) < 4.78 is 0. The predicted octanol–water partition coefficient (Wildman–Crippen LogP) is -0.280. The number of unbranched alkanes of at least 4 members (excludes halogenated alkanes) is 3. The molecular weight excluding hydrogens is 235 g/mol. The molecule has 7 heteroatoms. The highest BCUT2D eigenvalue weighted by Crippen LogP contribution is 2.11. The average Bonchev–Trinajstić information content (AvgIpc) is 2.23. The van der Waals surface area contributed by atoms with Crippen molar-refractivity contribution >= 4 is 8.60 Å². The Labute approximate surface area is 97.2 Å². The van der Waals surface area contributed by atoms with Crippen molar-refractivity contribution < 1.29 is 30.0 Å². The van der Waals surface area contributed by atoms with Crippen LogP contribution in [0.1, 0.15) is 32.1 Å². The van der Waals surface area contributed by atoms with Crippen LogP contribution in [0.25, 0.3) is 0 Å². The van der Waals surface area contributed by atoms with Gasteiger partial charge in [0.2, 0.25) is 0 Å². The summed E-state index contributed by atoms with van der Waals surface area (Å²) in [5.74, 6) is 0.0547. The maximum absolute atomic E-state index is 8.73. The lowest BCUT2D eigenvalue weighted by atomic mass is 10.0. The van der Waals surface area contributed by atoms with E-state index in [9.17, 15) is 0 Å². The molecule has 0 aliphatic carbocycles. The monoisotopic (exact) mass is 258 g/mol. The lowest BCUT2D eigenvalue weighted by Gasteiger charge is -2.09. The summed E-state index contributed by atoms with van der Waals surface area (Å²) in [5.41, 5.74) is 0. The van der Waals surface area contributed by atoms with E-state index >= 15 is 0 Å². The Hall–Kier alpha value is 0.190. The smallest absolute Gasteiger partial charge is 0.324 e. The Bertz CT molecular complexity index is 118. The zero-order valence-corrected chi connectivity index (χ0v) is 10.3. The van der Waals surface area contributed by atoms with Crippen molar-refractivity contribution in [3.05, 3.63) is 0 Å². The van der Waals surface area contributed by atoms with Gasteiger partial charge < -0.3 is 30.0 Å². The van der Waals surface area contributed by atoms with Gasteiger partial charge in [0.15, 0.2) is 0 Å². The third kappa shape index (κ3) is 19.7. The van der Waals surface area contributed by atoms with E-state index < -0.39 is 8.60 Å². The molecule has 16 heavy (non-hydrogen) atoms. The van der Waals surface area contributed by atoms with Crippen LogP contribution >= 0.6 is 8.60 Å². The molecule has 0 radical (unpaired) electrons. The minimum Gasteiger partial charge on any atom is -0.396 e. The van der Waals surface area contributed by atoms with Gasteiger partial charge in [0.25, 0.3) is 0 Å². The first kappa shape index (κ1) is 18.6. The molecule has 100 valence electrons. The lowest BCUT2D eigenvalue weighted by molar-refractivity contribution is 0.141. The summed E-state index contributed by atoms with van der Waals surface area (Å²) in [6.07, 6.45) is 4.91. The van der Waals surface area contributed by atoms with Crippen molar-refractivity contribution in [2.75, 3.05) is 19.8 Å². The molecule has 0 unspecified atom stereocenters. The third-order valence-corrected chi connectivity index (χ3v) is 2.04. The van der Waals surface area contributed by atoms with Crippen molar-refractivity contribution in [3.63, 3.8) is 0 Å². The minimum atomic E-state index is -2.62. The van der Waals surface area contributed by atoms with E-state index in [0.29, 0.717) is 0 Å². The maximum atomic E-state index is 8.73. The van der Waals surface area contributed by atoms with Crippen LogP contribution in [0.15, 0.2) is 0 Å². The predicted molar refractivity (Wildman–Crippen MR) is 61.4 cm³/mol. The number of hydrogen-bond acceptors (Lipinski definition) is 6. The van der Waals surface area contributed by atoms with E-state index in [1.165, 1.54) is 0 Å². The van der Waals surface area contributed by atoms with Crippen LogP contribution in [-0.2, 0) is 0 Å². The molecule has 0 saturated carbocycles. The molecule has 0 rings (SSSR count). The van der Waals surface area contributed by atoms with Gasteiger partial charge in [0.1, 0.15) is 0 Å². The van der Waals surface area contributed by atoms with Gasteiger partial charge in [-0.1, -0.05) is 19.3 Å². The van der Waals surface area contributed by atoms with Crippen molar-refractivity contribution in [1.29, 1.82) is 0 Å². The van der Waals surface area contributed by atoms with Crippen molar-refractivity contribution in [2.45, 2.75) is 32.1 Å². The standard InChI is InChI=1S/C9H20O3.H3O3P/c10-6-4-2-1-3-5-9(7-11)8-12;1-4(2)3/h9-12H,1-8H2;1-3H. The average molecular weight is 258 g/mol. The van der Waals surface area contributed by atoms with Crippen molar-refractivity contribution in [2.24, 2.45) is 5.92 Å². The van der Waals surface area contributed by atoms with E-state index in [1.807, 2.05) is 0 Å². The maximum Gasteiger partial charge on any atom is 0.324 e. The van der Waals surface area contributed by atoms with Crippen LogP contribution in [0, 0.1) is 5.92 Å². The zero-order chi connectivity index (χ0) is 12.8. The summed E-state index contributed by atoms with van der Waals surface area (Å²) in [4.78, 5) is 21.7. The van der Waals surface area contributed by atoms with E-state index in [4.69, 9.17) is 30.0 Å². The summed E-state index contributed by atoms with van der Waals surface area (Å²) in [6.45, 7) is 0.427. The van der Waals surface area contributed by atoms with Gasteiger partial charge in [-0.15, -0.1) is 0 Å². The second-order valence-electron chi connectivity index (χ2n) is 3.43. The van der Waals surface area contributed by atoms with Crippen LogP contribution in [-0.4, -0.2) is 49.8 Å². The SMILES string of the molecule is OCCCCCCC(CO)CO.OP(O)O. The van der Waals surface area contributed by atoms with Crippen LogP contribution < -0.4 is 0 Å². The molecule has 0 fully saturated rings. The van der Waals surface area contributed by atoms with Crippen molar-refractivity contribution in [3.8, 4) is 0 Å². The highest BCUT2D eigenvalue weighted by molar-refractivity contribution is 7.38. The fourth-order valence-electron chi connectivity index (χ4n) is 1.14. The molecule has 0 spiro atoms. The molecular formula is C9H23O6P. The molecule has 0 aromatic carbocycles. The Kier molecular flexibility index (Phi) is 17.6. The topological polar surface area (TPSA) is 121 Å². The molecule has 6 nitrogen and oxygen atoms in total. The molecule has 0 atom stereocenters. The molecule has 0 saturated heterocycles. The lowest BCUT2D eigenvalue weighted by Crippen LogP contribution is -2.10. The van der Waals surface area contributed by atoms with Gasteiger partial charge in [0.05, 0.1) is 0 Å². The molecule has 0 aliphatic rings. The Morgan fingerprint density at radius 1 is 0.750 bits per heavy atom. The van der Waals surface area contributed by atoms with Gasteiger partial charge in [-0.05, 0) is 12.8 Å². The molecule has 0 heterocycles. The molecule has 0 bridgehead atoms. The number of aliphatic hydroxyl groups is 3. The molecule has 0 aromatic heterocycles. The summed E-state index contributed by atoms with van der Waals surface area (Å²) in [5, 5.41) is 25.9. The Morgan fingerprint density at radius 3 is 1.56 bits per heavy atom. The van der Waals surface area contributed by atoms with Crippen LogP contribution in [0.5, 0.6) is 0 Å². The molecule has 0 aromatic rings. The summed E-state index contributed by atoms with van der Waals surface area (Å²) in [6, 6.07) is 0. The largest absolute Gasteiger partial charge is 0.396 e. The van der Waals surface area contributed by atoms with Gasteiger partial charge in [-0.2, -0.15) is 0 Å². The fraction of sp³-hybridized carbons (Fsp3) is 1.00. The number of rotatable bonds is 8. The second-order valence-corrected chi connectivity index (χ2v) is 3.96. The van der Waals surface area contributed by atoms with E-state index in [2.05, 4.69) is 0 Å². The van der Waals surface area contributed by atoms with Crippen LogP contribution in [0.4, 0.5) is 0 Å². The zero-order valence-electron chi connectivity index (χ0n) is 9.36. The first-order valence-corrected chi connectivity index (χ1v) is 6.47. The van der Waals surface area contributed by atoms with Gasteiger partial charge >= 0.3 is 8.60 Å². The normalized spacial score (nSPS) is 10.5. The minimum absolute atomic E-state index is 0.0547. The molecule has 0 aliphatic heterocycles. The van der Waals surface area contributed by atoms with E-state index in [0.717, 1.165) is 32.1 Å². The first-order valence-electron chi connectivity index (χ1n) is 5.27. The van der Waals surface area contributed by atoms with Crippen LogP contribution in [0.2, 0.25) is 0 Å². The van der Waals surface area contributed by atoms with Crippen LogP contribution in [0.3, 0.4) is 0 Å². The fourth-order valence-corrected chi connectivity index (χ4v) is 1.14. The molecule has 0 amide bonds.